The van der Waals surface area contributed by atoms with Crippen LogP contribution in [0, 0.1) is 6.92 Å². The van der Waals surface area contributed by atoms with Crippen molar-refractivity contribution in [2.75, 3.05) is 5.32 Å². The summed E-state index contributed by atoms with van der Waals surface area (Å²) in [7, 11) is 0. The fourth-order valence-corrected chi connectivity index (χ4v) is 4.24. The zero-order chi connectivity index (χ0) is 27.9. The Bertz CT molecular complexity index is 1650. The van der Waals surface area contributed by atoms with Crippen molar-refractivity contribution in [3.05, 3.63) is 107 Å². The standard InChI is InChI=1S/C29H19F6N3O/c1-16-12-18(17-6-9-20(10-7-17)28(30,31)32)8-11-23(16)27(39)36-22-14-19(13-21(15-22)29(33,34)35)26-37-24-4-2-3-5-25(24)38-26/h2-15H,1H3,(H,36,39)(H,37,38). The molecule has 1 heterocycles. The second kappa shape index (κ2) is 9.61. The van der Waals surface area contributed by atoms with E-state index in [9.17, 15) is 31.1 Å². The van der Waals surface area contributed by atoms with Gasteiger partial charge in [-0.3, -0.25) is 4.79 Å². The largest absolute Gasteiger partial charge is 0.416 e. The van der Waals surface area contributed by atoms with Crippen LogP contribution in [0.1, 0.15) is 27.0 Å². The molecule has 0 aliphatic carbocycles. The minimum Gasteiger partial charge on any atom is -0.338 e. The summed E-state index contributed by atoms with van der Waals surface area (Å²) >= 11 is 0. The van der Waals surface area contributed by atoms with Gasteiger partial charge in [-0.15, -0.1) is 0 Å². The lowest BCUT2D eigenvalue weighted by molar-refractivity contribution is -0.138. The number of imidazole rings is 1. The van der Waals surface area contributed by atoms with E-state index in [-0.39, 0.29) is 22.6 Å². The highest BCUT2D eigenvalue weighted by atomic mass is 19.4. The minimum absolute atomic E-state index is 0.0727. The van der Waals surface area contributed by atoms with Crippen molar-refractivity contribution in [3.8, 4) is 22.5 Å². The number of aromatic amines is 1. The molecule has 198 valence electrons. The van der Waals surface area contributed by atoms with Crippen LogP contribution in [0.15, 0.2) is 84.9 Å². The van der Waals surface area contributed by atoms with Gasteiger partial charge in [0.1, 0.15) is 5.82 Å². The minimum atomic E-state index is -4.67. The molecule has 0 atom stereocenters. The molecule has 0 saturated carbocycles. The molecule has 4 aromatic carbocycles. The molecule has 0 radical (unpaired) electrons. The number of benzene rings is 4. The van der Waals surface area contributed by atoms with E-state index in [4.69, 9.17) is 0 Å². The first-order valence-electron chi connectivity index (χ1n) is 11.7. The Balaban J connectivity index is 1.44. The zero-order valence-electron chi connectivity index (χ0n) is 20.2. The van der Waals surface area contributed by atoms with Crippen molar-refractivity contribution in [2.45, 2.75) is 19.3 Å². The number of aromatic nitrogens is 2. The van der Waals surface area contributed by atoms with Crippen molar-refractivity contribution < 1.29 is 31.1 Å². The monoisotopic (exact) mass is 539 g/mol. The predicted molar refractivity (Wildman–Crippen MR) is 136 cm³/mol. The molecule has 5 rings (SSSR count). The first kappa shape index (κ1) is 26.0. The van der Waals surface area contributed by atoms with Gasteiger partial charge in [0.05, 0.1) is 22.2 Å². The first-order valence-corrected chi connectivity index (χ1v) is 11.7. The van der Waals surface area contributed by atoms with E-state index in [0.717, 1.165) is 24.3 Å². The van der Waals surface area contributed by atoms with Crippen LogP contribution in [0.5, 0.6) is 0 Å². The summed E-state index contributed by atoms with van der Waals surface area (Å²) in [5.41, 5.74) is 1.38. The normalized spacial score (nSPS) is 12.1. The Labute approximate surface area is 218 Å². The average Bonchev–Trinajstić information content (AvgIpc) is 3.32. The SMILES string of the molecule is Cc1cc(-c2ccc(C(F)(F)F)cc2)ccc1C(=O)Nc1cc(-c2nc3ccccc3[nH]2)cc(C(F)(F)F)c1. The topological polar surface area (TPSA) is 57.8 Å². The number of para-hydroxylation sites is 2. The second-order valence-corrected chi connectivity index (χ2v) is 8.96. The number of alkyl halides is 6. The number of aryl methyl sites for hydroxylation is 1. The van der Waals surface area contributed by atoms with Crippen molar-refractivity contribution in [1.82, 2.24) is 9.97 Å². The molecule has 0 aliphatic heterocycles. The van der Waals surface area contributed by atoms with E-state index in [0.29, 0.717) is 27.7 Å². The van der Waals surface area contributed by atoms with E-state index >= 15 is 0 Å². The molecule has 0 saturated heterocycles. The van der Waals surface area contributed by atoms with E-state index in [1.54, 1.807) is 43.3 Å². The summed E-state index contributed by atoms with van der Waals surface area (Å²) in [5.74, 6) is -0.420. The van der Waals surface area contributed by atoms with Gasteiger partial charge in [0, 0.05) is 16.8 Å². The number of carbonyl (C=O) groups excluding carboxylic acids is 1. The van der Waals surface area contributed by atoms with Gasteiger partial charge in [0.2, 0.25) is 0 Å². The molecule has 10 heteroatoms. The Hall–Kier alpha value is -4.60. The maximum Gasteiger partial charge on any atom is 0.416 e. The van der Waals surface area contributed by atoms with Gasteiger partial charge >= 0.3 is 12.4 Å². The summed E-state index contributed by atoms with van der Waals surface area (Å²) in [4.78, 5) is 20.4. The molecular weight excluding hydrogens is 520 g/mol. The fraction of sp³-hybridized carbons (Fsp3) is 0.103. The van der Waals surface area contributed by atoms with Gasteiger partial charge in [-0.25, -0.2) is 4.98 Å². The Morgan fingerprint density at radius 1 is 0.744 bits per heavy atom. The van der Waals surface area contributed by atoms with Gasteiger partial charge in [-0.2, -0.15) is 26.3 Å². The summed E-state index contributed by atoms with van der Waals surface area (Å²) in [6.45, 7) is 1.63. The second-order valence-electron chi connectivity index (χ2n) is 8.96. The summed E-state index contributed by atoms with van der Waals surface area (Å²) in [6.07, 6.45) is -9.12. The van der Waals surface area contributed by atoms with Gasteiger partial charge in [0.15, 0.2) is 0 Å². The first-order chi connectivity index (χ1) is 18.4. The molecule has 4 nitrogen and oxygen atoms in total. The van der Waals surface area contributed by atoms with E-state index in [1.165, 1.54) is 24.3 Å². The number of halogens is 6. The van der Waals surface area contributed by atoms with Crippen LogP contribution in [0.2, 0.25) is 0 Å². The fourth-order valence-electron chi connectivity index (χ4n) is 4.24. The summed E-state index contributed by atoms with van der Waals surface area (Å²) < 4.78 is 79.6. The van der Waals surface area contributed by atoms with Crippen molar-refractivity contribution in [1.29, 1.82) is 0 Å². The molecule has 39 heavy (non-hydrogen) atoms. The van der Waals surface area contributed by atoms with Crippen LogP contribution < -0.4 is 5.32 Å². The van der Waals surface area contributed by atoms with Gasteiger partial charge < -0.3 is 10.3 Å². The predicted octanol–water partition coefficient (Wildman–Crippen LogP) is 8.50. The van der Waals surface area contributed by atoms with Crippen LogP contribution in [0.3, 0.4) is 0 Å². The highest BCUT2D eigenvalue weighted by Gasteiger charge is 2.32. The number of anilines is 1. The summed E-state index contributed by atoms with van der Waals surface area (Å²) in [6, 6.07) is 19.5. The molecule has 0 spiro atoms. The number of carbonyl (C=O) groups is 1. The van der Waals surface area contributed by atoms with Crippen molar-refractivity contribution in [2.24, 2.45) is 0 Å². The zero-order valence-corrected chi connectivity index (χ0v) is 20.2. The number of amides is 1. The lowest BCUT2D eigenvalue weighted by Crippen LogP contribution is -2.15. The number of fused-ring (bicyclic) bond motifs is 1. The van der Waals surface area contributed by atoms with Gasteiger partial charge in [0.25, 0.3) is 5.91 Å². The number of hydrogen-bond donors (Lipinski definition) is 2. The smallest absolute Gasteiger partial charge is 0.338 e. The lowest BCUT2D eigenvalue weighted by Gasteiger charge is -2.14. The summed E-state index contributed by atoms with van der Waals surface area (Å²) in [5, 5.41) is 2.53. The maximum absolute atomic E-state index is 13.7. The highest BCUT2D eigenvalue weighted by Crippen LogP contribution is 2.35. The van der Waals surface area contributed by atoms with Crippen molar-refractivity contribution in [3.63, 3.8) is 0 Å². The molecule has 0 unspecified atom stereocenters. The maximum atomic E-state index is 13.7. The Kier molecular flexibility index (Phi) is 6.41. The quantitative estimate of drug-likeness (QED) is 0.225. The van der Waals surface area contributed by atoms with Crippen LogP contribution >= 0.6 is 0 Å². The van der Waals surface area contributed by atoms with Crippen LogP contribution in [-0.4, -0.2) is 15.9 Å². The van der Waals surface area contributed by atoms with Crippen LogP contribution in [0.25, 0.3) is 33.5 Å². The third-order valence-electron chi connectivity index (χ3n) is 6.20. The number of H-pyrrole nitrogens is 1. The van der Waals surface area contributed by atoms with Gasteiger partial charge in [-0.05, 0) is 72.1 Å². The lowest BCUT2D eigenvalue weighted by atomic mass is 9.98. The average molecular weight is 539 g/mol. The van der Waals surface area contributed by atoms with Crippen LogP contribution in [0.4, 0.5) is 32.0 Å². The molecule has 1 amide bonds. The molecule has 0 bridgehead atoms. The van der Waals surface area contributed by atoms with Gasteiger partial charge in [-0.1, -0.05) is 36.4 Å². The third kappa shape index (κ3) is 5.50. The molecule has 2 N–H and O–H groups in total. The van der Waals surface area contributed by atoms with E-state index in [1.807, 2.05) is 0 Å². The molecule has 0 fully saturated rings. The highest BCUT2D eigenvalue weighted by molar-refractivity contribution is 6.06. The Morgan fingerprint density at radius 2 is 1.41 bits per heavy atom. The molecule has 5 aromatic rings. The molecule has 1 aromatic heterocycles. The van der Waals surface area contributed by atoms with E-state index < -0.39 is 29.4 Å². The molecular formula is C29H19F6N3O. The van der Waals surface area contributed by atoms with Crippen LogP contribution in [-0.2, 0) is 12.4 Å². The molecule has 0 aliphatic rings. The number of rotatable bonds is 4. The Morgan fingerprint density at radius 3 is 2.05 bits per heavy atom. The number of nitrogens with one attached hydrogen (secondary N) is 2. The number of hydrogen-bond acceptors (Lipinski definition) is 2. The van der Waals surface area contributed by atoms with Crippen molar-refractivity contribution >= 4 is 22.6 Å². The number of nitrogens with zero attached hydrogens (tertiary/aromatic N) is 1. The van der Waals surface area contributed by atoms with E-state index in [2.05, 4.69) is 15.3 Å². The third-order valence-corrected chi connectivity index (χ3v) is 6.20.